The number of benzene rings is 3. The fraction of sp³-hybridized carbons (Fsp3) is 0.0870. The molecule has 0 aliphatic rings. The molecule has 0 atom stereocenters. The van der Waals surface area contributed by atoms with Crippen LogP contribution in [0.25, 0.3) is 11.4 Å². The van der Waals surface area contributed by atoms with Gasteiger partial charge in [0.2, 0.25) is 4.77 Å². The molecule has 0 saturated heterocycles. The third-order valence-corrected chi connectivity index (χ3v) is 5.38. The average molecular weight is 485 g/mol. The molecule has 32 heavy (non-hydrogen) atoms. The van der Waals surface area contributed by atoms with E-state index in [1.807, 2.05) is 48.5 Å². The summed E-state index contributed by atoms with van der Waals surface area (Å²) in [6.07, 6.45) is 1.66. The molecule has 9 heteroatoms. The standard InChI is InChI=1S/C23H18Cl2N4O2S/c1-30-20-10-7-16(11-21(20)31-14-15-5-3-2-4-6-15)13-26-29-22(27-28-23(29)32)18-9-8-17(24)12-19(18)25/h2-13H,14H2,1H3,(H,28,32). The van der Waals surface area contributed by atoms with Crippen LogP contribution >= 0.6 is 35.4 Å². The van der Waals surface area contributed by atoms with Gasteiger partial charge in [0.05, 0.1) is 18.3 Å². The number of H-pyrrole nitrogens is 1. The third-order valence-electron chi connectivity index (χ3n) is 4.57. The lowest BCUT2D eigenvalue weighted by Gasteiger charge is -2.11. The summed E-state index contributed by atoms with van der Waals surface area (Å²) >= 11 is 17.7. The van der Waals surface area contributed by atoms with Gasteiger partial charge in [0.25, 0.3) is 0 Å². The van der Waals surface area contributed by atoms with Gasteiger partial charge in [-0.3, -0.25) is 0 Å². The summed E-state index contributed by atoms with van der Waals surface area (Å²) in [7, 11) is 1.60. The molecule has 0 unspecified atom stereocenters. The van der Waals surface area contributed by atoms with Gasteiger partial charge in [0, 0.05) is 10.6 Å². The first-order valence-electron chi connectivity index (χ1n) is 9.57. The van der Waals surface area contributed by atoms with Crippen LogP contribution in [0, 0.1) is 4.77 Å². The molecular formula is C23H18Cl2N4O2S. The van der Waals surface area contributed by atoms with E-state index in [4.69, 9.17) is 44.9 Å². The summed E-state index contributed by atoms with van der Waals surface area (Å²) in [5.74, 6) is 1.71. The summed E-state index contributed by atoms with van der Waals surface area (Å²) in [4.78, 5) is 0. The maximum Gasteiger partial charge on any atom is 0.216 e. The van der Waals surface area contributed by atoms with Crippen molar-refractivity contribution in [2.45, 2.75) is 6.61 Å². The molecule has 1 heterocycles. The number of nitrogens with one attached hydrogen (secondary N) is 1. The number of aromatic amines is 1. The predicted molar refractivity (Wildman–Crippen MR) is 130 cm³/mol. The van der Waals surface area contributed by atoms with E-state index in [0.717, 1.165) is 11.1 Å². The molecule has 0 saturated carbocycles. The van der Waals surface area contributed by atoms with Crippen LogP contribution in [-0.2, 0) is 6.61 Å². The van der Waals surface area contributed by atoms with Crippen LogP contribution in [0.1, 0.15) is 11.1 Å². The average Bonchev–Trinajstić information content (AvgIpc) is 3.17. The van der Waals surface area contributed by atoms with Crippen LogP contribution in [0.15, 0.2) is 71.8 Å². The van der Waals surface area contributed by atoms with Crippen LogP contribution in [0.5, 0.6) is 11.5 Å². The first-order valence-corrected chi connectivity index (χ1v) is 10.7. The Labute approximate surface area is 200 Å². The highest BCUT2D eigenvalue weighted by Crippen LogP contribution is 2.30. The second kappa shape index (κ2) is 9.99. The summed E-state index contributed by atoms with van der Waals surface area (Å²) in [5, 5.41) is 12.5. The number of ether oxygens (including phenoxy) is 2. The van der Waals surface area contributed by atoms with Crippen LogP contribution in [0.2, 0.25) is 10.0 Å². The highest BCUT2D eigenvalue weighted by molar-refractivity contribution is 7.71. The van der Waals surface area contributed by atoms with Gasteiger partial charge in [-0.1, -0.05) is 53.5 Å². The van der Waals surface area contributed by atoms with Crippen LogP contribution < -0.4 is 9.47 Å². The Hall–Kier alpha value is -3.13. The molecule has 3 aromatic carbocycles. The van der Waals surface area contributed by atoms with Crippen molar-refractivity contribution in [3.05, 3.63) is 92.7 Å². The minimum absolute atomic E-state index is 0.330. The van der Waals surface area contributed by atoms with Crippen LogP contribution in [-0.4, -0.2) is 28.2 Å². The van der Waals surface area contributed by atoms with Gasteiger partial charge in [-0.15, -0.1) is 0 Å². The minimum atomic E-state index is 0.330. The SMILES string of the molecule is COc1ccc(C=Nn2c(-c3ccc(Cl)cc3Cl)n[nH]c2=S)cc1OCc1ccccc1. The monoisotopic (exact) mass is 484 g/mol. The van der Waals surface area contributed by atoms with Crippen molar-refractivity contribution in [3.8, 4) is 22.9 Å². The Balaban J connectivity index is 1.61. The largest absolute Gasteiger partial charge is 0.493 e. The lowest BCUT2D eigenvalue weighted by molar-refractivity contribution is 0.284. The number of aromatic nitrogens is 3. The van der Waals surface area contributed by atoms with E-state index in [2.05, 4.69) is 15.3 Å². The van der Waals surface area contributed by atoms with E-state index < -0.39 is 0 Å². The molecule has 0 spiro atoms. The van der Waals surface area contributed by atoms with Gasteiger partial charge in [-0.2, -0.15) is 14.9 Å². The van der Waals surface area contributed by atoms with Crippen molar-refractivity contribution in [3.63, 3.8) is 0 Å². The zero-order valence-electron chi connectivity index (χ0n) is 17.0. The third kappa shape index (κ3) is 5.02. The molecule has 0 aliphatic carbocycles. The van der Waals surface area contributed by atoms with Crippen molar-refractivity contribution >= 4 is 41.6 Å². The van der Waals surface area contributed by atoms with E-state index in [1.165, 1.54) is 4.68 Å². The highest BCUT2D eigenvalue weighted by Gasteiger charge is 2.12. The number of hydrogen-bond acceptors (Lipinski definition) is 5. The van der Waals surface area contributed by atoms with E-state index in [0.29, 0.717) is 44.3 Å². The highest BCUT2D eigenvalue weighted by atomic mass is 35.5. The Morgan fingerprint density at radius 3 is 2.62 bits per heavy atom. The Morgan fingerprint density at radius 2 is 1.88 bits per heavy atom. The number of hydrogen-bond donors (Lipinski definition) is 1. The maximum atomic E-state index is 6.33. The lowest BCUT2D eigenvalue weighted by Crippen LogP contribution is -1.99. The lowest BCUT2D eigenvalue weighted by atomic mass is 10.2. The number of nitrogens with zero attached hydrogens (tertiary/aromatic N) is 3. The van der Waals surface area contributed by atoms with Gasteiger partial charge in [-0.25, -0.2) is 5.10 Å². The molecule has 4 rings (SSSR count). The summed E-state index contributed by atoms with van der Waals surface area (Å²) < 4.78 is 13.2. The predicted octanol–water partition coefficient (Wildman–Crippen LogP) is 6.38. The van der Waals surface area contributed by atoms with Gasteiger partial charge in [0.1, 0.15) is 6.61 Å². The van der Waals surface area contributed by atoms with Crippen molar-refractivity contribution < 1.29 is 9.47 Å². The summed E-state index contributed by atoms with van der Waals surface area (Å²) in [5.41, 5.74) is 2.51. The number of rotatable bonds is 7. The fourth-order valence-electron chi connectivity index (χ4n) is 2.99. The normalized spacial score (nSPS) is 11.1. The van der Waals surface area contributed by atoms with Gasteiger partial charge >= 0.3 is 0 Å². The zero-order valence-corrected chi connectivity index (χ0v) is 19.3. The van der Waals surface area contributed by atoms with E-state index >= 15 is 0 Å². The molecule has 0 radical (unpaired) electrons. The van der Waals surface area contributed by atoms with Crippen LogP contribution in [0.3, 0.4) is 0 Å². The second-order valence-electron chi connectivity index (χ2n) is 6.72. The van der Waals surface area contributed by atoms with E-state index in [1.54, 1.807) is 31.5 Å². The Bertz CT molecular complexity index is 1320. The molecule has 0 amide bonds. The van der Waals surface area contributed by atoms with E-state index in [-0.39, 0.29) is 0 Å². The molecule has 1 aromatic heterocycles. The zero-order chi connectivity index (χ0) is 22.5. The van der Waals surface area contributed by atoms with Crippen molar-refractivity contribution in [1.29, 1.82) is 0 Å². The van der Waals surface area contributed by atoms with Crippen molar-refractivity contribution in [1.82, 2.24) is 14.9 Å². The number of methoxy groups -OCH3 is 1. The fourth-order valence-corrected chi connectivity index (χ4v) is 3.66. The van der Waals surface area contributed by atoms with Gasteiger partial charge in [0.15, 0.2) is 17.3 Å². The van der Waals surface area contributed by atoms with E-state index in [9.17, 15) is 0 Å². The first-order chi connectivity index (χ1) is 15.5. The second-order valence-corrected chi connectivity index (χ2v) is 7.95. The molecule has 0 bridgehead atoms. The minimum Gasteiger partial charge on any atom is -0.493 e. The van der Waals surface area contributed by atoms with Gasteiger partial charge < -0.3 is 9.47 Å². The molecular weight excluding hydrogens is 467 g/mol. The van der Waals surface area contributed by atoms with Crippen molar-refractivity contribution in [2.24, 2.45) is 5.10 Å². The molecule has 6 nitrogen and oxygen atoms in total. The molecule has 1 N–H and O–H groups in total. The maximum absolute atomic E-state index is 6.33. The Morgan fingerprint density at radius 1 is 1.06 bits per heavy atom. The molecule has 162 valence electrons. The quantitative estimate of drug-likeness (QED) is 0.244. The topological polar surface area (TPSA) is 64.4 Å². The van der Waals surface area contributed by atoms with Crippen LogP contribution in [0.4, 0.5) is 0 Å². The molecule has 0 aliphatic heterocycles. The molecule has 4 aromatic rings. The van der Waals surface area contributed by atoms with Crippen molar-refractivity contribution in [2.75, 3.05) is 7.11 Å². The smallest absolute Gasteiger partial charge is 0.216 e. The first kappa shape index (κ1) is 22.1. The van der Waals surface area contributed by atoms with Gasteiger partial charge in [-0.05, 0) is 59.7 Å². The summed E-state index contributed by atoms with van der Waals surface area (Å²) in [6, 6.07) is 20.6. The summed E-state index contributed by atoms with van der Waals surface area (Å²) in [6.45, 7) is 0.420. The Kier molecular flexibility index (Phi) is 6.90. The molecule has 0 fully saturated rings. The number of halogens is 2.